The van der Waals surface area contributed by atoms with Gasteiger partial charge in [-0.05, 0) is 35.9 Å². The number of nitrogens with zero attached hydrogens (tertiary/aromatic N) is 2. The van der Waals surface area contributed by atoms with Gasteiger partial charge in [-0.3, -0.25) is 4.79 Å². The molecule has 0 radical (unpaired) electrons. The SMILES string of the molecule is O=C1CSC(=NN=Cc2cccc(OCc3cc(F)ccc3F)c2)N1. The molecule has 0 bridgehead atoms. The van der Waals surface area contributed by atoms with E-state index in [4.69, 9.17) is 4.74 Å². The van der Waals surface area contributed by atoms with Gasteiger partial charge in [0, 0.05) is 5.56 Å². The highest BCUT2D eigenvalue weighted by Crippen LogP contribution is 2.17. The first-order valence-corrected chi connectivity index (χ1v) is 8.29. The van der Waals surface area contributed by atoms with E-state index < -0.39 is 11.6 Å². The van der Waals surface area contributed by atoms with E-state index in [9.17, 15) is 13.6 Å². The maximum atomic E-state index is 13.6. The molecule has 2 aromatic carbocycles. The predicted molar refractivity (Wildman–Crippen MR) is 92.8 cm³/mol. The van der Waals surface area contributed by atoms with Gasteiger partial charge in [0.15, 0.2) is 5.17 Å². The Morgan fingerprint density at radius 1 is 1.24 bits per heavy atom. The lowest BCUT2D eigenvalue weighted by Gasteiger charge is -2.07. The topological polar surface area (TPSA) is 63.0 Å². The van der Waals surface area contributed by atoms with E-state index >= 15 is 0 Å². The van der Waals surface area contributed by atoms with Crippen LogP contribution in [-0.4, -0.2) is 23.0 Å². The van der Waals surface area contributed by atoms with Crippen molar-refractivity contribution < 1.29 is 18.3 Å². The van der Waals surface area contributed by atoms with Gasteiger partial charge in [0.1, 0.15) is 24.0 Å². The Morgan fingerprint density at radius 3 is 2.92 bits per heavy atom. The molecule has 1 N–H and O–H groups in total. The van der Waals surface area contributed by atoms with Crippen LogP contribution in [-0.2, 0) is 11.4 Å². The summed E-state index contributed by atoms with van der Waals surface area (Å²) in [6.07, 6.45) is 1.51. The number of benzene rings is 2. The highest BCUT2D eigenvalue weighted by molar-refractivity contribution is 8.15. The number of amidine groups is 1. The zero-order valence-electron chi connectivity index (χ0n) is 12.9. The highest BCUT2D eigenvalue weighted by Gasteiger charge is 2.15. The van der Waals surface area contributed by atoms with Crippen molar-refractivity contribution in [3.05, 3.63) is 65.2 Å². The van der Waals surface area contributed by atoms with Crippen LogP contribution in [0.1, 0.15) is 11.1 Å². The summed E-state index contributed by atoms with van der Waals surface area (Å²) in [6.45, 7) is -0.0881. The summed E-state index contributed by atoms with van der Waals surface area (Å²) in [5, 5.41) is 10.8. The second-order valence-corrected chi connectivity index (χ2v) is 6.05. The van der Waals surface area contributed by atoms with Gasteiger partial charge in [-0.1, -0.05) is 23.9 Å². The summed E-state index contributed by atoms with van der Waals surface area (Å²) < 4.78 is 32.2. The van der Waals surface area contributed by atoms with Gasteiger partial charge in [-0.2, -0.15) is 5.10 Å². The van der Waals surface area contributed by atoms with Crippen LogP contribution in [0, 0.1) is 11.6 Å². The van der Waals surface area contributed by atoms with Crippen LogP contribution in [0.4, 0.5) is 8.78 Å². The maximum absolute atomic E-state index is 13.6. The molecule has 1 aliphatic heterocycles. The van der Waals surface area contributed by atoms with Crippen LogP contribution in [0.15, 0.2) is 52.7 Å². The van der Waals surface area contributed by atoms with Gasteiger partial charge < -0.3 is 10.1 Å². The lowest BCUT2D eigenvalue weighted by Crippen LogP contribution is -2.19. The smallest absolute Gasteiger partial charge is 0.236 e. The fourth-order valence-electron chi connectivity index (χ4n) is 2.03. The fourth-order valence-corrected chi connectivity index (χ4v) is 2.66. The molecule has 128 valence electrons. The molecule has 2 aromatic rings. The standard InChI is InChI=1S/C17H13F2N3O2S/c18-13-4-5-15(19)12(7-13)9-24-14-3-1-2-11(6-14)8-20-22-17-21-16(23)10-25-17/h1-8H,9-10H2,(H,21,22,23). The van der Waals surface area contributed by atoms with Gasteiger partial charge in [0.2, 0.25) is 5.91 Å². The molecule has 0 unspecified atom stereocenters. The van der Waals surface area contributed by atoms with E-state index in [1.807, 2.05) is 0 Å². The van der Waals surface area contributed by atoms with E-state index in [1.165, 1.54) is 18.0 Å². The molecular weight excluding hydrogens is 348 g/mol. The molecule has 1 heterocycles. The Bertz CT molecular complexity index is 856. The normalized spacial score (nSPS) is 15.8. The summed E-state index contributed by atoms with van der Waals surface area (Å²) in [5.74, 6) is -0.306. The van der Waals surface area contributed by atoms with Crippen LogP contribution in [0.5, 0.6) is 5.75 Å². The number of thioether (sulfide) groups is 1. The maximum Gasteiger partial charge on any atom is 0.236 e. The van der Waals surface area contributed by atoms with E-state index in [1.54, 1.807) is 24.3 Å². The molecule has 0 spiro atoms. The number of carbonyl (C=O) groups is 1. The highest BCUT2D eigenvalue weighted by atomic mass is 32.2. The van der Waals surface area contributed by atoms with E-state index in [2.05, 4.69) is 15.5 Å². The average molecular weight is 361 g/mol. The minimum Gasteiger partial charge on any atom is -0.489 e. The van der Waals surface area contributed by atoms with Crippen molar-refractivity contribution in [2.24, 2.45) is 10.2 Å². The quantitative estimate of drug-likeness (QED) is 0.658. The Labute approximate surface area is 146 Å². The monoisotopic (exact) mass is 361 g/mol. The molecule has 0 saturated carbocycles. The minimum atomic E-state index is -0.522. The second kappa shape index (κ2) is 7.89. The first-order chi connectivity index (χ1) is 12.1. The first kappa shape index (κ1) is 17.1. The van der Waals surface area contributed by atoms with Gasteiger partial charge in [-0.15, -0.1) is 5.10 Å². The van der Waals surface area contributed by atoms with Gasteiger partial charge in [0.25, 0.3) is 0 Å². The van der Waals surface area contributed by atoms with Crippen LogP contribution >= 0.6 is 11.8 Å². The van der Waals surface area contributed by atoms with Gasteiger partial charge in [0.05, 0.1) is 12.0 Å². The van der Waals surface area contributed by atoms with Gasteiger partial charge >= 0.3 is 0 Å². The number of hydrogen-bond acceptors (Lipinski definition) is 5. The first-order valence-electron chi connectivity index (χ1n) is 7.30. The number of nitrogens with one attached hydrogen (secondary N) is 1. The third-order valence-corrected chi connectivity index (χ3v) is 4.07. The largest absolute Gasteiger partial charge is 0.489 e. The van der Waals surface area contributed by atoms with Crippen LogP contribution in [0.25, 0.3) is 0 Å². The third kappa shape index (κ3) is 4.87. The molecule has 3 rings (SSSR count). The molecule has 1 saturated heterocycles. The Morgan fingerprint density at radius 2 is 2.12 bits per heavy atom. The van der Waals surface area contributed by atoms with Crippen molar-refractivity contribution in [3.63, 3.8) is 0 Å². The molecule has 0 aromatic heterocycles. The van der Waals surface area contributed by atoms with E-state index in [0.29, 0.717) is 16.7 Å². The van der Waals surface area contributed by atoms with Crippen LogP contribution < -0.4 is 10.1 Å². The zero-order chi connectivity index (χ0) is 17.6. The molecule has 8 heteroatoms. The summed E-state index contributed by atoms with van der Waals surface area (Å²) in [4.78, 5) is 11.0. The molecule has 25 heavy (non-hydrogen) atoms. The Hall–Kier alpha value is -2.74. The number of hydrogen-bond donors (Lipinski definition) is 1. The third-order valence-electron chi connectivity index (χ3n) is 3.20. The molecule has 5 nitrogen and oxygen atoms in total. The average Bonchev–Trinajstić information content (AvgIpc) is 3.01. The molecule has 0 aliphatic carbocycles. The molecular formula is C17H13F2N3O2S. The second-order valence-electron chi connectivity index (χ2n) is 5.08. The zero-order valence-corrected chi connectivity index (χ0v) is 13.7. The summed E-state index contributed by atoms with van der Waals surface area (Å²) in [6, 6.07) is 10.2. The number of amides is 1. The van der Waals surface area contributed by atoms with E-state index in [0.717, 1.165) is 23.8 Å². The molecule has 1 fully saturated rings. The number of rotatable bonds is 5. The number of halogens is 2. The van der Waals surface area contributed by atoms with Crippen molar-refractivity contribution in [1.29, 1.82) is 0 Å². The summed E-state index contributed by atoms with van der Waals surface area (Å²) in [5.41, 5.74) is 0.857. The molecule has 1 amide bonds. The van der Waals surface area contributed by atoms with Crippen molar-refractivity contribution in [1.82, 2.24) is 5.32 Å². The van der Waals surface area contributed by atoms with Crippen molar-refractivity contribution in [3.8, 4) is 5.75 Å². The predicted octanol–water partition coefficient (Wildman–Crippen LogP) is 3.10. The lowest BCUT2D eigenvalue weighted by molar-refractivity contribution is -0.116. The van der Waals surface area contributed by atoms with Gasteiger partial charge in [-0.25, -0.2) is 8.78 Å². The Balaban J connectivity index is 1.63. The van der Waals surface area contributed by atoms with Crippen LogP contribution in [0.3, 0.4) is 0 Å². The molecule has 0 atom stereocenters. The minimum absolute atomic E-state index is 0.0881. The Kier molecular flexibility index (Phi) is 5.39. The number of ether oxygens (including phenoxy) is 1. The van der Waals surface area contributed by atoms with Crippen molar-refractivity contribution in [2.45, 2.75) is 6.61 Å². The van der Waals surface area contributed by atoms with Crippen molar-refractivity contribution in [2.75, 3.05) is 5.75 Å². The van der Waals surface area contributed by atoms with E-state index in [-0.39, 0.29) is 18.1 Å². The van der Waals surface area contributed by atoms with Crippen molar-refractivity contribution >= 4 is 29.1 Å². The fraction of sp³-hybridized carbons (Fsp3) is 0.118. The lowest BCUT2D eigenvalue weighted by atomic mass is 10.2. The number of carbonyl (C=O) groups excluding carboxylic acids is 1. The summed E-state index contributed by atoms with van der Waals surface area (Å²) in [7, 11) is 0. The van der Waals surface area contributed by atoms with Crippen LogP contribution in [0.2, 0.25) is 0 Å². The summed E-state index contributed by atoms with van der Waals surface area (Å²) >= 11 is 1.28. The molecule has 1 aliphatic rings.